The van der Waals surface area contributed by atoms with Crippen LogP contribution in [0.4, 0.5) is 21.5 Å². The van der Waals surface area contributed by atoms with Gasteiger partial charge in [-0.05, 0) is 30.3 Å². The summed E-state index contributed by atoms with van der Waals surface area (Å²) in [6.45, 7) is 0. The van der Waals surface area contributed by atoms with E-state index in [-0.39, 0.29) is 10.0 Å². The summed E-state index contributed by atoms with van der Waals surface area (Å²) in [5.41, 5.74) is 7.20. The molecule has 0 aromatic heterocycles. The minimum atomic E-state index is -0.505. The number of hydrogen-bond donors (Lipinski definition) is 2. The van der Waals surface area contributed by atoms with E-state index in [0.717, 1.165) is 12.1 Å². The maximum absolute atomic E-state index is 13.0. The third-order valence-electron chi connectivity index (χ3n) is 2.28. The summed E-state index contributed by atoms with van der Waals surface area (Å²) >= 11 is 17.7. The molecule has 0 saturated heterocycles. The molecule has 0 saturated carbocycles. The van der Waals surface area contributed by atoms with E-state index in [0.29, 0.717) is 22.1 Å². The molecule has 0 fully saturated rings. The lowest BCUT2D eigenvalue weighted by molar-refractivity contribution is 0.628. The molecule has 0 aliphatic heterocycles. The highest BCUT2D eigenvalue weighted by molar-refractivity contribution is 6.39. The summed E-state index contributed by atoms with van der Waals surface area (Å²) in [5, 5.41) is 3.78. The number of hydrogen-bond acceptors (Lipinski definition) is 2. The Kier molecular flexibility index (Phi) is 3.85. The fraction of sp³-hybridized carbons (Fsp3) is 0. The molecule has 0 amide bonds. The van der Waals surface area contributed by atoms with E-state index in [9.17, 15) is 4.39 Å². The maximum atomic E-state index is 13.0. The van der Waals surface area contributed by atoms with Crippen LogP contribution in [0.15, 0.2) is 30.3 Å². The predicted molar refractivity (Wildman–Crippen MR) is 75.6 cm³/mol. The summed E-state index contributed by atoms with van der Waals surface area (Å²) in [7, 11) is 0. The summed E-state index contributed by atoms with van der Waals surface area (Å²) in [6, 6.07) is 7.27. The second kappa shape index (κ2) is 5.22. The van der Waals surface area contributed by atoms with Gasteiger partial charge in [-0.15, -0.1) is 0 Å². The topological polar surface area (TPSA) is 38.0 Å². The smallest absolute Gasteiger partial charge is 0.126 e. The number of halogens is 4. The van der Waals surface area contributed by atoms with Gasteiger partial charge in [-0.25, -0.2) is 4.39 Å². The van der Waals surface area contributed by atoms with E-state index < -0.39 is 5.82 Å². The molecule has 0 heterocycles. The molecular weight excluding hydrogens is 298 g/mol. The fourth-order valence-corrected chi connectivity index (χ4v) is 2.16. The molecule has 6 heteroatoms. The Balaban J connectivity index is 2.43. The average molecular weight is 306 g/mol. The lowest BCUT2D eigenvalue weighted by atomic mass is 10.2. The van der Waals surface area contributed by atoms with Gasteiger partial charge in [0.25, 0.3) is 0 Å². The van der Waals surface area contributed by atoms with Crippen molar-refractivity contribution in [3.8, 4) is 0 Å². The second-order valence-electron chi connectivity index (χ2n) is 3.60. The first-order valence-corrected chi connectivity index (χ1v) is 6.07. The maximum Gasteiger partial charge on any atom is 0.126 e. The fourth-order valence-electron chi connectivity index (χ4n) is 1.43. The molecule has 3 N–H and O–H groups in total. The Morgan fingerprint density at radius 3 is 2.22 bits per heavy atom. The quantitative estimate of drug-likeness (QED) is 0.756. The van der Waals surface area contributed by atoms with Gasteiger partial charge in [0, 0.05) is 5.02 Å². The van der Waals surface area contributed by atoms with E-state index in [1.165, 1.54) is 0 Å². The van der Waals surface area contributed by atoms with Gasteiger partial charge in [-0.1, -0.05) is 34.8 Å². The zero-order valence-electron chi connectivity index (χ0n) is 8.98. The zero-order valence-corrected chi connectivity index (χ0v) is 11.2. The van der Waals surface area contributed by atoms with E-state index in [2.05, 4.69) is 5.32 Å². The van der Waals surface area contributed by atoms with Crippen molar-refractivity contribution in [2.45, 2.75) is 0 Å². The van der Waals surface area contributed by atoms with Crippen molar-refractivity contribution in [1.29, 1.82) is 0 Å². The van der Waals surface area contributed by atoms with Crippen molar-refractivity contribution in [1.82, 2.24) is 0 Å². The number of rotatable bonds is 2. The first-order valence-electron chi connectivity index (χ1n) is 4.94. The number of anilines is 3. The molecule has 0 atom stereocenters. The highest BCUT2D eigenvalue weighted by Crippen LogP contribution is 2.36. The highest BCUT2D eigenvalue weighted by Gasteiger charge is 2.10. The normalized spacial score (nSPS) is 10.4. The third kappa shape index (κ3) is 2.80. The van der Waals surface area contributed by atoms with Crippen LogP contribution in [0.1, 0.15) is 0 Å². The van der Waals surface area contributed by atoms with Crippen molar-refractivity contribution < 1.29 is 4.39 Å². The Hall–Kier alpha value is -1.16. The monoisotopic (exact) mass is 304 g/mol. The SMILES string of the molecule is Nc1ccc(Cl)cc1Nc1c(Cl)cc(F)cc1Cl. The molecule has 2 aromatic rings. The van der Waals surface area contributed by atoms with E-state index in [1.54, 1.807) is 18.2 Å². The molecular formula is C12H8Cl3FN2. The van der Waals surface area contributed by atoms with E-state index in [4.69, 9.17) is 40.5 Å². The molecule has 0 unspecified atom stereocenters. The van der Waals surface area contributed by atoms with Gasteiger partial charge in [-0.3, -0.25) is 0 Å². The number of nitrogens with two attached hydrogens (primary N) is 1. The third-order valence-corrected chi connectivity index (χ3v) is 3.11. The average Bonchev–Trinajstić information content (AvgIpc) is 2.28. The molecule has 0 spiro atoms. The molecule has 0 aliphatic rings. The predicted octanol–water partition coefficient (Wildman–Crippen LogP) is 5.11. The van der Waals surface area contributed by atoms with Crippen molar-refractivity contribution in [2.24, 2.45) is 0 Å². The van der Waals surface area contributed by atoms with Crippen LogP contribution < -0.4 is 11.1 Å². The van der Waals surface area contributed by atoms with Crippen LogP contribution in [0.25, 0.3) is 0 Å². The lowest BCUT2D eigenvalue weighted by Crippen LogP contribution is -1.98. The van der Waals surface area contributed by atoms with Crippen LogP contribution in [-0.2, 0) is 0 Å². The van der Waals surface area contributed by atoms with Gasteiger partial charge in [0.05, 0.1) is 27.1 Å². The summed E-state index contributed by atoms with van der Waals surface area (Å²) in [4.78, 5) is 0. The second-order valence-corrected chi connectivity index (χ2v) is 4.85. The Morgan fingerprint density at radius 2 is 1.61 bits per heavy atom. The first-order chi connectivity index (χ1) is 8.47. The van der Waals surface area contributed by atoms with Crippen LogP contribution in [0.5, 0.6) is 0 Å². The van der Waals surface area contributed by atoms with Crippen molar-refractivity contribution >= 4 is 51.9 Å². The molecule has 18 heavy (non-hydrogen) atoms. The number of nitrogen functional groups attached to an aromatic ring is 1. The largest absolute Gasteiger partial charge is 0.397 e. The van der Waals surface area contributed by atoms with Gasteiger partial charge >= 0.3 is 0 Å². The zero-order chi connectivity index (χ0) is 13.3. The molecule has 94 valence electrons. The molecule has 2 rings (SSSR count). The lowest BCUT2D eigenvalue weighted by Gasteiger charge is -2.12. The van der Waals surface area contributed by atoms with Crippen molar-refractivity contribution in [2.75, 3.05) is 11.1 Å². The summed E-state index contributed by atoms with van der Waals surface area (Å²) in [5.74, 6) is -0.505. The van der Waals surface area contributed by atoms with Gasteiger partial charge in [0.1, 0.15) is 5.82 Å². The van der Waals surface area contributed by atoms with Crippen molar-refractivity contribution in [3.05, 3.63) is 51.2 Å². The van der Waals surface area contributed by atoms with Crippen LogP contribution in [-0.4, -0.2) is 0 Å². The van der Waals surface area contributed by atoms with Crippen LogP contribution in [0, 0.1) is 5.82 Å². The molecule has 0 bridgehead atoms. The van der Waals surface area contributed by atoms with Crippen LogP contribution in [0.2, 0.25) is 15.1 Å². The molecule has 2 aromatic carbocycles. The molecule has 0 aliphatic carbocycles. The molecule has 2 nitrogen and oxygen atoms in total. The summed E-state index contributed by atoms with van der Waals surface area (Å²) < 4.78 is 13.0. The first kappa shape index (κ1) is 13.3. The Bertz CT molecular complexity index is 579. The minimum absolute atomic E-state index is 0.166. The number of benzene rings is 2. The summed E-state index contributed by atoms with van der Waals surface area (Å²) in [6.07, 6.45) is 0. The van der Waals surface area contributed by atoms with Crippen LogP contribution >= 0.6 is 34.8 Å². The van der Waals surface area contributed by atoms with Crippen LogP contribution in [0.3, 0.4) is 0 Å². The Morgan fingerprint density at radius 1 is 1.00 bits per heavy atom. The van der Waals surface area contributed by atoms with Gasteiger partial charge in [-0.2, -0.15) is 0 Å². The van der Waals surface area contributed by atoms with E-state index in [1.807, 2.05) is 0 Å². The van der Waals surface area contributed by atoms with Crippen molar-refractivity contribution in [3.63, 3.8) is 0 Å². The highest BCUT2D eigenvalue weighted by atomic mass is 35.5. The molecule has 0 radical (unpaired) electrons. The van der Waals surface area contributed by atoms with E-state index >= 15 is 0 Å². The van der Waals surface area contributed by atoms with Gasteiger partial charge < -0.3 is 11.1 Å². The number of nitrogens with one attached hydrogen (secondary N) is 1. The van der Waals surface area contributed by atoms with Gasteiger partial charge in [0.2, 0.25) is 0 Å². The standard InChI is InChI=1S/C12H8Cl3FN2/c13-6-1-2-10(17)11(3-6)18-12-8(14)4-7(16)5-9(12)15/h1-5,18H,17H2. The van der Waals surface area contributed by atoms with Gasteiger partial charge in [0.15, 0.2) is 0 Å². The Labute approximate surface area is 118 Å². The minimum Gasteiger partial charge on any atom is -0.397 e.